The summed E-state index contributed by atoms with van der Waals surface area (Å²) in [6.45, 7) is 0. The van der Waals surface area contributed by atoms with Crippen molar-refractivity contribution in [2.24, 2.45) is 0 Å². The monoisotopic (exact) mass is 482 g/mol. The molecule has 2 N–H and O–H groups in total. The summed E-state index contributed by atoms with van der Waals surface area (Å²) in [5, 5.41) is 9.57. The van der Waals surface area contributed by atoms with Crippen molar-refractivity contribution in [3.63, 3.8) is 0 Å². The van der Waals surface area contributed by atoms with Gasteiger partial charge in [-0.15, -0.1) is 0 Å². The zero-order valence-corrected chi connectivity index (χ0v) is 19.3. The third-order valence-electron chi connectivity index (χ3n) is 5.63. The average Bonchev–Trinajstić information content (AvgIpc) is 2.78. The van der Waals surface area contributed by atoms with E-state index in [0.717, 1.165) is 33.9 Å². The predicted octanol–water partition coefficient (Wildman–Crippen LogP) is 4.26. The molecule has 0 bridgehead atoms. The van der Waals surface area contributed by atoms with E-state index < -0.39 is 16.0 Å². The van der Waals surface area contributed by atoms with Gasteiger partial charge in [0.15, 0.2) is 0 Å². The minimum atomic E-state index is -3.68. The van der Waals surface area contributed by atoms with Gasteiger partial charge in [0.1, 0.15) is 0 Å². The van der Waals surface area contributed by atoms with Crippen LogP contribution in [0.1, 0.15) is 34.2 Å². The molecule has 0 spiro atoms. The summed E-state index contributed by atoms with van der Waals surface area (Å²) in [5.74, 6) is -1.01. The number of fused-ring (bicyclic) bond motifs is 1. The standard InChI is InChI=1S/C25H23ClN2O4S/c26-21-4-7-23(8-5-21)33(31,32)28-22-6-9-24-19(3-10-25(29)30)13-18(14-20(24)15-22)12-17-2-1-11-27-16-17/h1-5,7-8,10-11,13-14,16,22,28H,6,9,12,15H2,(H,29,30). The van der Waals surface area contributed by atoms with Crippen molar-refractivity contribution in [2.75, 3.05) is 0 Å². The second kappa shape index (κ2) is 9.87. The first-order valence-corrected chi connectivity index (χ1v) is 12.4. The van der Waals surface area contributed by atoms with Gasteiger partial charge in [-0.1, -0.05) is 29.8 Å². The fraction of sp³-hybridized carbons (Fsp3) is 0.200. The molecule has 0 saturated carbocycles. The second-order valence-electron chi connectivity index (χ2n) is 8.05. The first-order chi connectivity index (χ1) is 15.8. The fourth-order valence-electron chi connectivity index (χ4n) is 4.15. The van der Waals surface area contributed by atoms with E-state index in [1.165, 1.54) is 12.1 Å². The Bertz CT molecular complexity index is 1290. The molecule has 6 nitrogen and oxygen atoms in total. The van der Waals surface area contributed by atoms with Crippen molar-refractivity contribution in [1.82, 2.24) is 9.71 Å². The van der Waals surface area contributed by atoms with Crippen molar-refractivity contribution in [2.45, 2.75) is 36.6 Å². The van der Waals surface area contributed by atoms with Gasteiger partial charge in [0.2, 0.25) is 10.0 Å². The van der Waals surface area contributed by atoms with Crippen LogP contribution in [0.5, 0.6) is 0 Å². The van der Waals surface area contributed by atoms with E-state index in [9.17, 15) is 13.2 Å². The lowest BCUT2D eigenvalue weighted by molar-refractivity contribution is -0.131. The van der Waals surface area contributed by atoms with E-state index >= 15 is 0 Å². The van der Waals surface area contributed by atoms with E-state index in [4.69, 9.17) is 16.7 Å². The van der Waals surface area contributed by atoms with Crippen molar-refractivity contribution in [1.29, 1.82) is 0 Å². The molecule has 1 heterocycles. The van der Waals surface area contributed by atoms with E-state index in [0.29, 0.717) is 30.7 Å². The van der Waals surface area contributed by atoms with Crippen molar-refractivity contribution in [3.8, 4) is 0 Å². The summed E-state index contributed by atoms with van der Waals surface area (Å²) in [6, 6.07) is 13.8. The number of carboxylic acids is 1. The number of halogens is 1. The van der Waals surface area contributed by atoms with Gasteiger partial charge in [0, 0.05) is 29.5 Å². The Hall–Kier alpha value is -3.00. The van der Waals surface area contributed by atoms with Crippen LogP contribution in [-0.4, -0.2) is 30.5 Å². The maximum atomic E-state index is 12.8. The molecule has 33 heavy (non-hydrogen) atoms. The molecule has 1 aromatic heterocycles. The van der Waals surface area contributed by atoms with Crippen molar-refractivity contribution < 1.29 is 18.3 Å². The number of carboxylic acid groups (broad SMARTS) is 1. The Balaban J connectivity index is 1.61. The maximum absolute atomic E-state index is 12.8. The van der Waals surface area contributed by atoms with Gasteiger partial charge < -0.3 is 5.11 Å². The van der Waals surface area contributed by atoms with Gasteiger partial charge in [-0.05, 0) is 89.9 Å². The Morgan fingerprint density at radius 3 is 2.67 bits per heavy atom. The van der Waals surface area contributed by atoms with E-state index in [2.05, 4.69) is 15.8 Å². The summed E-state index contributed by atoms with van der Waals surface area (Å²) < 4.78 is 28.5. The summed E-state index contributed by atoms with van der Waals surface area (Å²) >= 11 is 5.88. The number of hydrogen-bond acceptors (Lipinski definition) is 4. The Morgan fingerprint density at radius 2 is 1.97 bits per heavy atom. The largest absolute Gasteiger partial charge is 0.478 e. The number of sulfonamides is 1. The molecule has 3 aromatic rings. The van der Waals surface area contributed by atoms with Crippen LogP contribution in [0.15, 0.2) is 71.9 Å². The third-order valence-corrected chi connectivity index (χ3v) is 7.42. The van der Waals surface area contributed by atoms with Crippen LogP contribution >= 0.6 is 11.6 Å². The highest BCUT2D eigenvalue weighted by Gasteiger charge is 2.26. The second-order valence-corrected chi connectivity index (χ2v) is 10.2. The number of nitrogens with zero attached hydrogens (tertiary/aromatic N) is 1. The first-order valence-electron chi connectivity index (χ1n) is 10.5. The molecule has 4 rings (SSSR count). The quantitative estimate of drug-likeness (QED) is 0.490. The highest BCUT2D eigenvalue weighted by Crippen LogP contribution is 2.29. The minimum absolute atomic E-state index is 0.174. The summed E-state index contributed by atoms with van der Waals surface area (Å²) in [5.41, 5.74) is 5.00. The molecule has 1 aliphatic rings. The van der Waals surface area contributed by atoms with Gasteiger partial charge in [-0.25, -0.2) is 17.9 Å². The molecule has 0 amide bonds. The maximum Gasteiger partial charge on any atom is 0.328 e. The number of hydrogen-bond donors (Lipinski definition) is 2. The molecule has 1 aliphatic carbocycles. The number of aromatic nitrogens is 1. The lowest BCUT2D eigenvalue weighted by atomic mass is 9.83. The van der Waals surface area contributed by atoms with E-state index in [1.807, 2.05) is 18.2 Å². The molecule has 1 unspecified atom stereocenters. The molecule has 170 valence electrons. The highest BCUT2D eigenvalue weighted by atomic mass is 35.5. The van der Waals surface area contributed by atoms with E-state index in [1.54, 1.807) is 30.6 Å². The number of pyridine rings is 1. The Morgan fingerprint density at radius 1 is 1.18 bits per heavy atom. The van der Waals surface area contributed by atoms with Gasteiger partial charge >= 0.3 is 5.97 Å². The number of rotatable bonds is 7. The zero-order chi connectivity index (χ0) is 23.4. The van der Waals surface area contributed by atoms with E-state index in [-0.39, 0.29) is 10.9 Å². The summed E-state index contributed by atoms with van der Waals surface area (Å²) in [6.07, 6.45) is 8.72. The first kappa shape index (κ1) is 23.2. The van der Waals surface area contributed by atoms with Crippen LogP contribution in [0.4, 0.5) is 0 Å². The molecule has 0 radical (unpaired) electrons. The SMILES string of the molecule is O=C(O)C=Cc1cc(Cc2cccnc2)cc2c1CCC(NS(=O)(=O)c1ccc(Cl)cc1)C2. The fourth-order valence-corrected chi connectivity index (χ4v) is 5.55. The van der Waals surface area contributed by atoms with Crippen LogP contribution in [0.25, 0.3) is 6.08 Å². The van der Waals surface area contributed by atoms with Gasteiger partial charge in [-0.3, -0.25) is 4.98 Å². The molecule has 2 aromatic carbocycles. The van der Waals surface area contributed by atoms with Crippen LogP contribution in [-0.2, 0) is 34.1 Å². The number of carbonyl (C=O) groups is 1. The minimum Gasteiger partial charge on any atom is -0.478 e. The number of benzene rings is 2. The highest BCUT2D eigenvalue weighted by molar-refractivity contribution is 7.89. The van der Waals surface area contributed by atoms with Crippen LogP contribution in [0, 0.1) is 0 Å². The van der Waals surface area contributed by atoms with Crippen LogP contribution in [0.3, 0.4) is 0 Å². The van der Waals surface area contributed by atoms with Crippen molar-refractivity contribution >= 4 is 33.7 Å². The normalized spacial score (nSPS) is 16.0. The number of aliphatic carboxylic acids is 1. The third kappa shape index (κ3) is 5.87. The number of nitrogens with one attached hydrogen (secondary N) is 1. The van der Waals surface area contributed by atoms with Crippen LogP contribution in [0.2, 0.25) is 5.02 Å². The predicted molar refractivity (Wildman–Crippen MR) is 128 cm³/mol. The molecule has 0 fully saturated rings. The smallest absolute Gasteiger partial charge is 0.328 e. The van der Waals surface area contributed by atoms with Crippen LogP contribution < -0.4 is 4.72 Å². The topological polar surface area (TPSA) is 96.4 Å². The summed E-state index contributed by atoms with van der Waals surface area (Å²) in [7, 11) is -3.68. The molecular weight excluding hydrogens is 460 g/mol. The Labute approximate surface area is 198 Å². The Kier molecular flexibility index (Phi) is 6.93. The molecule has 0 saturated heterocycles. The lowest BCUT2D eigenvalue weighted by Crippen LogP contribution is -2.39. The molecular formula is C25H23ClN2O4S. The van der Waals surface area contributed by atoms with Gasteiger partial charge in [-0.2, -0.15) is 0 Å². The lowest BCUT2D eigenvalue weighted by Gasteiger charge is -2.27. The van der Waals surface area contributed by atoms with Crippen molar-refractivity contribution in [3.05, 3.63) is 99.8 Å². The van der Waals surface area contributed by atoms with Gasteiger partial charge in [0.25, 0.3) is 0 Å². The zero-order valence-electron chi connectivity index (χ0n) is 17.7. The molecule has 0 aliphatic heterocycles. The average molecular weight is 483 g/mol. The summed E-state index contributed by atoms with van der Waals surface area (Å²) in [4.78, 5) is 15.4. The molecule has 1 atom stereocenters. The van der Waals surface area contributed by atoms with Gasteiger partial charge in [0.05, 0.1) is 4.90 Å². The molecule has 8 heteroatoms.